The normalized spacial score (nSPS) is 19.6. The molecule has 1 atom stereocenters. The standard InChI is InChI=1S/C14H19FN2O3S/c1-10(18)14-12(15)6-3-7-13(14)17-8-4-5-11(9-17)16-21(2,19)20/h3,6-7,11,16H,4-5,8-9H2,1-2H3/t11-/m1/s1. The van der Waals surface area contributed by atoms with Crippen LogP contribution in [0, 0.1) is 5.82 Å². The van der Waals surface area contributed by atoms with Gasteiger partial charge in [-0.05, 0) is 31.9 Å². The fourth-order valence-corrected chi connectivity index (χ4v) is 3.52. The van der Waals surface area contributed by atoms with Crippen molar-refractivity contribution >= 4 is 21.5 Å². The highest BCUT2D eigenvalue weighted by molar-refractivity contribution is 7.88. The number of rotatable bonds is 4. The molecule has 0 aliphatic carbocycles. The van der Waals surface area contributed by atoms with Crippen LogP contribution in [0.2, 0.25) is 0 Å². The molecular weight excluding hydrogens is 295 g/mol. The minimum atomic E-state index is -3.28. The molecule has 116 valence electrons. The van der Waals surface area contributed by atoms with E-state index in [-0.39, 0.29) is 17.4 Å². The smallest absolute Gasteiger partial charge is 0.209 e. The first kappa shape index (κ1) is 15.9. The van der Waals surface area contributed by atoms with Crippen LogP contribution in [0.1, 0.15) is 30.1 Å². The average molecular weight is 314 g/mol. The Hall–Kier alpha value is -1.47. The highest BCUT2D eigenvalue weighted by Gasteiger charge is 2.25. The maximum absolute atomic E-state index is 13.9. The first-order chi connectivity index (χ1) is 9.78. The molecule has 1 aromatic carbocycles. The number of carbonyl (C=O) groups excluding carboxylic acids is 1. The zero-order chi connectivity index (χ0) is 15.6. The summed E-state index contributed by atoms with van der Waals surface area (Å²) in [4.78, 5) is 13.5. The highest BCUT2D eigenvalue weighted by Crippen LogP contribution is 2.26. The number of sulfonamides is 1. The Morgan fingerprint density at radius 1 is 1.43 bits per heavy atom. The second kappa shape index (κ2) is 6.11. The number of hydrogen-bond donors (Lipinski definition) is 1. The maximum Gasteiger partial charge on any atom is 0.209 e. The molecule has 2 rings (SSSR count). The summed E-state index contributed by atoms with van der Waals surface area (Å²) in [6.45, 7) is 2.43. The fraction of sp³-hybridized carbons (Fsp3) is 0.500. The lowest BCUT2D eigenvalue weighted by atomic mass is 10.0. The highest BCUT2D eigenvalue weighted by atomic mass is 32.2. The monoisotopic (exact) mass is 314 g/mol. The lowest BCUT2D eigenvalue weighted by Crippen LogP contribution is -2.47. The second-order valence-corrected chi connectivity index (χ2v) is 7.15. The number of nitrogens with one attached hydrogen (secondary N) is 1. The van der Waals surface area contributed by atoms with Crippen LogP contribution in [0.25, 0.3) is 0 Å². The summed E-state index contributed by atoms with van der Waals surface area (Å²) >= 11 is 0. The molecule has 0 aromatic heterocycles. The minimum absolute atomic E-state index is 0.0671. The van der Waals surface area contributed by atoms with Crippen LogP contribution < -0.4 is 9.62 Å². The molecule has 0 bridgehead atoms. The Morgan fingerprint density at radius 3 is 2.76 bits per heavy atom. The first-order valence-corrected chi connectivity index (χ1v) is 8.69. The van der Waals surface area contributed by atoms with E-state index in [0.29, 0.717) is 18.8 Å². The van der Waals surface area contributed by atoms with Gasteiger partial charge in [-0.2, -0.15) is 0 Å². The zero-order valence-corrected chi connectivity index (χ0v) is 12.9. The molecule has 1 heterocycles. The Labute approximate surface area is 124 Å². The molecule has 0 spiro atoms. The Morgan fingerprint density at radius 2 is 2.14 bits per heavy atom. The quantitative estimate of drug-likeness (QED) is 0.856. The van der Waals surface area contributed by atoms with Gasteiger partial charge in [0.15, 0.2) is 5.78 Å². The molecule has 21 heavy (non-hydrogen) atoms. The van der Waals surface area contributed by atoms with Gasteiger partial charge in [0.05, 0.1) is 17.5 Å². The molecule has 1 aromatic rings. The van der Waals surface area contributed by atoms with Crippen molar-refractivity contribution < 1.29 is 17.6 Å². The van der Waals surface area contributed by atoms with E-state index in [1.807, 2.05) is 4.90 Å². The van der Waals surface area contributed by atoms with Crippen LogP contribution in [-0.2, 0) is 10.0 Å². The molecule has 1 fully saturated rings. The van der Waals surface area contributed by atoms with E-state index in [9.17, 15) is 17.6 Å². The Bertz CT molecular complexity index is 646. The minimum Gasteiger partial charge on any atom is -0.369 e. The summed E-state index contributed by atoms with van der Waals surface area (Å²) < 4.78 is 39.1. The van der Waals surface area contributed by atoms with Crippen LogP contribution in [0.4, 0.5) is 10.1 Å². The van der Waals surface area contributed by atoms with E-state index in [4.69, 9.17) is 0 Å². The third kappa shape index (κ3) is 4.01. The van der Waals surface area contributed by atoms with E-state index in [0.717, 1.165) is 19.1 Å². The van der Waals surface area contributed by atoms with Crippen LogP contribution >= 0.6 is 0 Å². The molecule has 0 radical (unpaired) electrons. The number of piperidine rings is 1. The topological polar surface area (TPSA) is 66.5 Å². The van der Waals surface area contributed by atoms with Gasteiger partial charge in [0, 0.05) is 19.1 Å². The SMILES string of the molecule is CC(=O)c1c(F)cccc1N1CCC[C@@H](NS(C)(=O)=O)C1. The van der Waals surface area contributed by atoms with Crippen LogP contribution in [-0.4, -0.2) is 39.6 Å². The van der Waals surface area contributed by atoms with E-state index < -0.39 is 15.8 Å². The van der Waals surface area contributed by atoms with Crippen molar-refractivity contribution in [2.45, 2.75) is 25.8 Å². The second-order valence-electron chi connectivity index (χ2n) is 5.37. The predicted molar refractivity (Wildman–Crippen MR) is 79.6 cm³/mol. The molecule has 0 unspecified atom stereocenters. The van der Waals surface area contributed by atoms with Gasteiger partial charge in [0.2, 0.25) is 10.0 Å². The van der Waals surface area contributed by atoms with Gasteiger partial charge in [-0.25, -0.2) is 17.5 Å². The van der Waals surface area contributed by atoms with Gasteiger partial charge in [0.1, 0.15) is 5.82 Å². The average Bonchev–Trinajstić information content (AvgIpc) is 2.36. The first-order valence-electron chi connectivity index (χ1n) is 6.79. The molecule has 1 N–H and O–H groups in total. The Balaban J connectivity index is 2.26. The van der Waals surface area contributed by atoms with Crippen molar-refractivity contribution in [2.75, 3.05) is 24.2 Å². The van der Waals surface area contributed by atoms with E-state index >= 15 is 0 Å². The number of anilines is 1. The number of benzene rings is 1. The zero-order valence-electron chi connectivity index (χ0n) is 12.1. The molecule has 7 heteroatoms. The number of Topliss-reactive ketones (excluding diaryl/α,β-unsaturated/α-hetero) is 1. The van der Waals surface area contributed by atoms with Gasteiger partial charge in [0.25, 0.3) is 0 Å². The van der Waals surface area contributed by atoms with Crippen molar-refractivity contribution in [1.29, 1.82) is 0 Å². The largest absolute Gasteiger partial charge is 0.369 e. The third-order valence-corrected chi connectivity index (χ3v) is 4.25. The summed E-state index contributed by atoms with van der Waals surface area (Å²) in [5.74, 6) is -0.875. The maximum atomic E-state index is 13.9. The summed E-state index contributed by atoms with van der Waals surface area (Å²) in [6.07, 6.45) is 2.63. The summed E-state index contributed by atoms with van der Waals surface area (Å²) in [6, 6.07) is 4.29. The van der Waals surface area contributed by atoms with Gasteiger partial charge < -0.3 is 4.90 Å². The molecular formula is C14H19FN2O3S. The van der Waals surface area contributed by atoms with Crippen LogP contribution in [0.5, 0.6) is 0 Å². The van der Waals surface area contributed by atoms with Gasteiger partial charge in [-0.3, -0.25) is 4.79 Å². The van der Waals surface area contributed by atoms with Crippen molar-refractivity contribution in [3.8, 4) is 0 Å². The number of hydrogen-bond acceptors (Lipinski definition) is 4. The number of ketones is 1. The van der Waals surface area contributed by atoms with E-state index in [1.54, 1.807) is 12.1 Å². The molecule has 0 saturated carbocycles. The molecule has 5 nitrogen and oxygen atoms in total. The molecule has 1 aliphatic rings. The lowest BCUT2D eigenvalue weighted by Gasteiger charge is -2.35. The Kier molecular flexibility index (Phi) is 4.63. The van der Waals surface area contributed by atoms with Crippen LogP contribution in [0.15, 0.2) is 18.2 Å². The number of carbonyl (C=O) groups is 1. The van der Waals surface area contributed by atoms with Crippen LogP contribution in [0.3, 0.4) is 0 Å². The van der Waals surface area contributed by atoms with E-state index in [2.05, 4.69) is 4.72 Å². The van der Waals surface area contributed by atoms with Gasteiger partial charge in [-0.1, -0.05) is 6.07 Å². The van der Waals surface area contributed by atoms with Gasteiger partial charge >= 0.3 is 0 Å². The fourth-order valence-electron chi connectivity index (χ4n) is 2.72. The van der Waals surface area contributed by atoms with Crippen molar-refractivity contribution in [3.05, 3.63) is 29.6 Å². The van der Waals surface area contributed by atoms with E-state index in [1.165, 1.54) is 13.0 Å². The molecule has 1 saturated heterocycles. The number of nitrogens with zero attached hydrogens (tertiary/aromatic N) is 1. The summed E-state index contributed by atoms with van der Waals surface area (Å²) in [7, 11) is -3.28. The lowest BCUT2D eigenvalue weighted by molar-refractivity contribution is 0.101. The van der Waals surface area contributed by atoms with Crippen molar-refractivity contribution in [3.63, 3.8) is 0 Å². The predicted octanol–water partition coefficient (Wildman–Crippen LogP) is 1.55. The van der Waals surface area contributed by atoms with Gasteiger partial charge in [-0.15, -0.1) is 0 Å². The van der Waals surface area contributed by atoms with Crippen molar-refractivity contribution in [1.82, 2.24) is 4.72 Å². The molecule has 1 aliphatic heterocycles. The third-order valence-electron chi connectivity index (χ3n) is 3.49. The summed E-state index contributed by atoms with van der Waals surface area (Å²) in [5.41, 5.74) is 0.597. The number of halogens is 1. The summed E-state index contributed by atoms with van der Waals surface area (Å²) in [5, 5.41) is 0. The molecule has 0 amide bonds. The van der Waals surface area contributed by atoms with Crippen molar-refractivity contribution in [2.24, 2.45) is 0 Å².